The van der Waals surface area contributed by atoms with E-state index in [9.17, 15) is 14.4 Å². The zero-order valence-electron chi connectivity index (χ0n) is 21.3. The largest absolute Gasteiger partial charge is 0.478 e. The number of aryl methyl sites for hydroxylation is 3. The highest BCUT2D eigenvalue weighted by molar-refractivity contribution is 7.14. The summed E-state index contributed by atoms with van der Waals surface area (Å²) in [7, 11) is 1.69. The molecule has 1 amide bonds. The third-order valence-corrected chi connectivity index (χ3v) is 8.19. The van der Waals surface area contributed by atoms with Gasteiger partial charge in [0.2, 0.25) is 0 Å². The van der Waals surface area contributed by atoms with Crippen LogP contribution in [0.25, 0.3) is 11.1 Å². The summed E-state index contributed by atoms with van der Waals surface area (Å²) in [5.74, 6) is -1.11. The van der Waals surface area contributed by atoms with Gasteiger partial charge in [-0.2, -0.15) is 0 Å². The number of amides is 1. The molecule has 38 heavy (non-hydrogen) atoms. The predicted molar refractivity (Wildman–Crippen MR) is 152 cm³/mol. The monoisotopic (exact) mass is 527 g/mol. The number of anilines is 3. The molecule has 0 aliphatic heterocycles. The molecule has 0 atom stereocenters. The molecule has 7 nitrogen and oxygen atoms in total. The van der Waals surface area contributed by atoms with Crippen LogP contribution in [0.4, 0.5) is 17.1 Å². The maximum atomic E-state index is 13.1. The minimum Gasteiger partial charge on any atom is -0.478 e. The second-order valence-corrected chi connectivity index (χ2v) is 10.8. The standard InChI is InChI=1S/C30H29N3O4S/c1-18-23(8-6-9-24(18)32-28(34)27-16-20-7-4-3-5-10-26(20)38-27)21-15-25(29(35)33(2)17-21)31-22-13-11-19(12-14-22)30(36)37/h6,8-9,11-17,31H,3-5,7,10H2,1-2H3,(H,32,34)(H,36,37). The number of nitrogens with zero attached hydrogens (tertiary/aromatic N) is 1. The van der Waals surface area contributed by atoms with E-state index in [1.165, 1.54) is 46.4 Å². The van der Waals surface area contributed by atoms with Gasteiger partial charge in [0.05, 0.1) is 10.4 Å². The highest BCUT2D eigenvalue weighted by atomic mass is 32.1. The Morgan fingerprint density at radius 3 is 2.50 bits per heavy atom. The average Bonchev–Trinajstić information content (AvgIpc) is 3.18. The first-order valence-electron chi connectivity index (χ1n) is 12.6. The molecule has 1 aliphatic carbocycles. The molecule has 0 spiro atoms. The smallest absolute Gasteiger partial charge is 0.335 e. The van der Waals surface area contributed by atoms with Crippen LogP contribution in [0, 0.1) is 6.92 Å². The quantitative estimate of drug-likeness (QED) is 0.253. The summed E-state index contributed by atoms with van der Waals surface area (Å²) >= 11 is 1.60. The normalized spacial score (nSPS) is 12.9. The summed E-state index contributed by atoms with van der Waals surface area (Å²) in [5.41, 5.74) is 5.57. The highest BCUT2D eigenvalue weighted by Gasteiger charge is 2.18. The summed E-state index contributed by atoms with van der Waals surface area (Å²) in [6, 6.07) is 15.8. The molecule has 3 N–H and O–H groups in total. The van der Waals surface area contributed by atoms with E-state index in [4.69, 9.17) is 5.11 Å². The van der Waals surface area contributed by atoms with Crippen molar-refractivity contribution in [2.45, 2.75) is 39.0 Å². The molecule has 0 saturated carbocycles. The van der Waals surface area contributed by atoms with Crippen molar-refractivity contribution in [1.82, 2.24) is 4.57 Å². The first-order valence-corrected chi connectivity index (χ1v) is 13.5. The zero-order chi connectivity index (χ0) is 26.8. The van der Waals surface area contributed by atoms with E-state index in [-0.39, 0.29) is 17.0 Å². The van der Waals surface area contributed by atoms with Crippen LogP contribution in [0.5, 0.6) is 0 Å². The molecule has 194 valence electrons. The summed E-state index contributed by atoms with van der Waals surface area (Å²) in [4.78, 5) is 39.2. The number of pyridine rings is 1. The van der Waals surface area contributed by atoms with Gasteiger partial charge in [0.1, 0.15) is 5.69 Å². The first-order chi connectivity index (χ1) is 18.3. The number of carboxylic acid groups (broad SMARTS) is 1. The van der Waals surface area contributed by atoms with Gasteiger partial charge in [-0.1, -0.05) is 18.6 Å². The van der Waals surface area contributed by atoms with Gasteiger partial charge in [0.25, 0.3) is 11.5 Å². The third-order valence-electron chi connectivity index (χ3n) is 6.96. The van der Waals surface area contributed by atoms with Gasteiger partial charge < -0.3 is 20.3 Å². The molecule has 0 fully saturated rings. The fraction of sp³-hybridized carbons (Fsp3) is 0.233. The van der Waals surface area contributed by atoms with Crippen LogP contribution in [0.1, 0.15) is 55.3 Å². The van der Waals surface area contributed by atoms with Gasteiger partial charge in [-0.3, -0.25) is 9.59 Å². The second kappa shape index (κ2) is 10.7. The van der Waals surface area contributed by atoms with Crippen LogP contribution >= 0.6 is 11.3 Å². The number of benzene rings is 2. The van der Waals surface area contributed by atoms with E-state index in [0.29, 0.717) is 11.4 Å². The number of carboxylic acids is 1. The molecule has 2 heterocycles. The molecule has 2 aromatic carbocycles. The van der Waals surface area contributed by atoms with Crippen molar-refractivity contribution in [3.8, 4) is 11.1 Å². The fourth-order valence-electron chi connectivity index (χ4n) is 4.85. The van der Waals surface area contributed by atoms with Gasteiger partial charge in [-0.25, -0.2) is 4.79 Å². The van der Waals surface area contributed by atoms with Crippen molar-refractivity contribution >= 4 is 40.3 Å². The van der Waals surface area contributed by atoms with Gasteiger partial charge >= 0.3 is 5.97 Å². The molecule has 8 heteroatoms. The summed E-state index contributed by atoms with van der Waals surface area (Å²) < 4.78 is 1.51. The molecule has 1 aliphatic rings. The number of carbonyl (C=O) groups is 2. The van der Waals surface area contributed by atoms with E-state index in [1.54, 1.807) is 42.8 Å². The molecule has 4 aromatic rings. The number of thiophene rings is 1. The molecule has 0 radical (unpaired) electrons. The third kappa shape index (κ3) is 5.26. The van der Waals surface area contributed by atoms with Gasteiger partial charge in [0.15, 0.2) is 0 Å². The Bertz CT molecular complexity index is 1560. The van der Waals surface area contributed by atoms with E-state index in [1.807, 2.05) is 31.2 Å². The Balaban J connectivity index is 1.41. The Morgan fingerprint density at radius 1 is 0.974 bits per heavy atom. The van der Waals surface area contributed by atoms with E-state index < -0.39 is 5.97 Å². The van der Waals surface area contributed by atoms with E-state index in [2.05, 4.69) is 10.6 Å². The molecule has 2 aromatic heterocycles. The maximum absolute atomic E-state index is 13.1. The first kappa shape index (κ1) is 25.5. The number of hydrogen-bond donors (Lipinski definition) is 3. The predicted octanol–water partition coefficient (Wildman–Crippen LogP) is 6.39. The Hall–Kier alpha value is -4.17. The summed E-state index contributed by atoms with van der Waals surface area (Å²) in [6.45, 7) is 1.96. The number of rotatable bonds is 6. The lowest BCUT2D eigenvalue weighted by atomic mass is 10.00. The van der Waals surface area contributed by atoms with Gasteiger partial charge in [-0.05, 0) is 91.8 Å². The van der Waals surface area contributed by atoms with Crippen molar-refractivity contribution < 1.29 is 14.7 Å². The lowest BCUT2D eigenvalue weighted by Crippen LogP contribution is -2.19. The van der Waals surface area contributed by atoms with E-state index >= 15 is 0 Å². The molecule has 0 unspecified atom stereocenters. The van der Waals surface area contributed by atoms with Crippen LogP contribution in [0.3, 0.4) is 0 Å². The number of nitrogens with one attached hydrogen (secondary N) is 2. The fourth-order valence-corrected chi connectivity index (χ4v) is 6.00. The van der Waals surface area contributed by atoms with Crippen LogP contribution in [0.15, 0.2) is 65.6 Å². The maximum Gasteiger partial charge on any atom is 0.335 e. The molecule has 0 bridgehead atoms. The van der Waals surface area contributed by atoms with Crippen LogP contribution in [0.2, 0.25) is 0 Å². The molecular weight excluding hydrogens is 498 g/mol. The topological polar surface area (TPSA) is 100 Å². The number of fused-ring (bicyclic) bond motifs is 1. The van der Waals surface area contributed by atoms with Gasteiger partial charge in [-0.15, -0.1) is 11.3 Å². The summed E-state index contributed by atoms with van der Waals surface area (Å²) in [5, 5.41) is 15.3. The molecule has 0 saturated heterocycles. The Morgan fingerprint density at radius 2 is 1.74 bits per heavy atom. The van der Waals surface area contributed by atoms with Crippen molar-refractivity contribution in [3.63, 3.8) is 0 Å². The van der Waals surface area contributed by atoms with Crippen molar-refractivity contribution in [3.05, 3.63) is 97.6 Å². The van der Waals surface area contributed by atoms with Crippen molar-refractivity contribution in [1.29, 1.82) is 0 Å². The molecule has 5 rings (SSSR count). The molecular formula is C30H29N3O4S. The van der Waals surface area contributed by atoms with Crippen LogP contribution < -0.4 is 16.2 Å². The SMILES string of the molecule is Cc1c(NC(=O)c2cc3c(s2)CCCCC3)cccc1-c1cc(Nc2ccc(C(=O)O)cc2)c(=O)n(C)c1. The number of aromatic carboxylic acids is 1. The number of aromatic nitrogens is 1. The average molecular weight is 528 g/mol. The summed E-state index contributed by atoms with van der Waals surface area (Å²) in [6.07, 6.45) is 7.46. The highest BCUT2D eigenvalue weighted by Crippen LogP contribution is 2.32. The number of carbonyl (C=O) groups excluding carboxylic acids is 1. The minimum absolute atomic E-state index is 0.101. The Kier molecular flexibility index (Phi) is 7.15. The second-order valence-electron chi connectivity index (χ2n) is 9.62. The lowest BCUT2D eigenvalue weighted by Gasteiger charge is -2.15. The number of hydrogen-bond acceptors (Lipinski definition) is 5. The minimum atomic E-state index is -1.01. The van der Waals surface area contributed by atoms with Crippen molar-refractivity contribution in [2.75, 3.05) is 10.6 Å². The lowest BCUT2D eigenvalue weighted by molar-refractivity contribution is 0.0696. The van der Waals surface area contributed by atoms with Crippen LogP contribution in [-0.2, 0) is 19.9 Å². The zero-order valence-corrected chi connectivity index (χ0v) is 22.2. The van der Waals surface area contributed by atoms with Crippen molar-refractivity contribution in [2.24, 2.45) is 7.05 Å². The van der Waals surface area contributed by atoms with Gasteiger partial charge in [0, 0.05) is 35.1 Å². The van der Waals surface area contributed by atoms with E-state index in [0.717, 1.165) is 40.1 Å². The van der Waals surface area contributed by atoms with Crippen LogP contribution in [-0.4, -0.2) is 21.6 Å². The Labute approximate surface area is 224 Å².